The Morgan fingerprint density at radius 1 is 0.263 bits per heavy atom. The zero-order valence-electron chi connectivity index (χ0n) is 45.2. The van der Waals surface area contributed by atoms with Gasteiger partial charge < -0.3 is 9.80 Å². The molecule has 80 heavy (non-hydrogen) atoms. The third-order valence-corrected chi connectivity index (χ3v) is 16.4. The van der Waals surface area contributed by atoms with E-state index in [0.29, 0.717) is 0 Å². The predicted molar refractivity (Wildman–Crippen MR) is 332 cm³/mol. The van der Waals surface area contributed by atoms with Gasteiger partial charge in [0, 0.05) is 45.0 Å². The topological polar surface area (TPSA) is 6.48 Å². The predicted octanol–water partition coefficient (Wildman–Crippen LogP) is 21.2. The van der Waals surface area contributed by atoms with Gasteiger partial charge in [-0.2, -0.15) is 0 Å². The zero-order valence-corrected chi connectivity index (χ0v) is 45.2. The van der Waals surface area contributed by atoms with Gasteiger partial charge in [-0.15, -0.1) is 0 Å². The quantitative estimate of drug-likeness (QED) is 0.113. The van der Waals surface area contributed by atoms with Crippen LogP contribution in [0.2, 0.25) is 0 Å². The first-order chi connectivity index (χ1) is 38.9. The van der Waals surface area contributed by atoms with Crippen molar-refractivity contribution < 1.29 is 8.78 Å². The highest BCUT2D eigenvalue weighted by Crippen LogP contribution is 2.53. The molecule has 2 aliphatic carbocycles. The van der Waals surface area contributed by atoms with E-state index in [0.717, 1.165) is 78.6 Å². The molecule has 0 atom stereocenters. The van der Waals surface area contributed by atoms with E-state index in [-0.39, 0.29) is 22.5 Å². The van der Waals surface area contributed by atoms with Crippen LogP contribution < -0.4 is 9.80 Å². The first kappa shape index (κ1) is 49.9. The van der Waals surface area contributed by atoms with Crippen LogP contribution in [0.15, 0.2) is 255 Å². The van der Waals surface area contributed by atoms with Gasteiger partial charge in [-0.1, -0.05) is 210 Å². The first-order valence-electron chi connectivity index (χ1n) is 27.4. The van der Waals surface area contributed by atoms with Gasteiger partial charge in [0.2, 0.25) is 0 Å². The maximum atomic E-state index is 14.3. The molecular weight excluding hydrogens is 979 g/mol. The van der Waals surface area contributed by atoms with E-state index in [1.165, 1.54) is 68.8 Å². The number of hydrogen-bond donors (Lipinski definition) is 0. The van der Waals surface area contributed by atoms with E-state index in [1.807, 2.05) is 36.4 Å². The highest BCUT2D eigenvalue weighted by atomic mass is 19.1. The molecule has 0 saturated heterocycles. The summed E-state index contributed by atoms with van der Waals surface area (Å²) in [5.74, 6) is -0.519. The van der Waals surface area contributed by atoms with Crippen molar-refractivity contribution in [3.05, 3.63) is 311 Å². The van der Waals surface area contributed by atoms with Gasteiger partial charge in [0.25, 0.3) is 0 Å². The maximum absolute atomic E-state index is 14.3. The molecule has 0 aromatic heterocycles. The zero-order chi connectivity index (χ0) is 54.5. The summed E-state index contributed by atoms with van der Waals surface area (Å²) in [7, 11) is 0. The molecule has 11 aromatic carbocycles. The fraction of sp³-hybridized carbons (Fsp3) is 0.0789. The van der Waals surface area contributed by atoms with Crippen molar-refractivity contribution in [3.8, 4) is 44.5 Å². The fourth-order valence-corrected chi connectivity index (χ4v) is 12.0. The van der Waals surface area contributed by atoms with Gasteiger partial charge >= 0.3 is 0 Å². The summed E-state index contributed by atoms with van der Waals surface area (Å²) in [5.41, 5.74) is 24.6. The van der Waals surface area contributed by atoms with Crippen LogP contribution in [0.25, 0.3) is 68.8 Å². The summed E-state index contributed by atoms with van der Waals surface area (Å²) in [6, 6.07) is 87.4. The SMILES string of the molecule is CC1(C)c2cc(/C=C/c3ccc(/C=C/c4ccc5c(c4)C(C)(C)c4cc(N(c6ccc(F)cc6)c6ccc(-c7ccccc7)cc6)ccc4-5)cc3)ccc2-c2ccc(N(c3ccc(F)cc3)c3ccc(-c4ccccc4)cc3)cc21. The number of halogens is 2. The molecule has 0 N–H and O–H groups in total. The van der Waals surface area contributed by atoms with E-state index in [2.05, 4.69) is 256 Å². The molecule has 2 nitrogen and oxygen atoms in total. The molecule has 0 radical (unpaired) electrons. The third kappa shape index (κ3) is 9.33. The van der Waals surface area contributed by atoms with E-state index in [9.17, 15) is 8.78 Å². The van der Waals surface area contributed by atoms with Crippen molar-refractivity contribution >= 4 is 58.4 Å². The normalized spacial score (nSPS) is 13.5. The molecule has 0 heterocycles. The van der Waals surface area contributed by atoms with E-state index >= 15 is 0 Å². The van der Waals surface area contributed by atoms with Gasteiger partial charge in [-0.3, -0.25) is 0 Å². The number of benzene rings is 11. The Hall–Kier alpha value is -9.64. The van der Waals surface area contributed by atoms with Crippen LogP contribution >= 0.6 is 0 Å². The minimum absolute atomic E-state index is 0.252. The van der Waals surface area contributed by atoms with Gasteiger partial charge in [0.15, 0.2) is 0 Å². The molecule has 0 bridgehead atoms. The maximum Gasteiger partial charge on any atom is 0.123 e. The average Bonchev–Trinajstić information content (AvgIpc) is 3.96. The van der Waals surface area contributed by atoms with Gasteiger partial charge in [-0.05, 0) is 186 Å². The molecule has 0 aliphatic heterocycles. The van der Waals surface area contributed by atoms with Crippen LogP contribution in [0.4, 0.5) is 42.9 Å². The summed E-state index contributed by atoms with van der Waals surface area (Å²) in [6.07, 6.45) is 8.81. The van der Waals surface area contributed by atoms with E-state index in [1.54, 1.807) is 0 Å². The van der Waals surface area contributed by atoms with Crippen molar-refractivity contribution in [2.45, 2.75) is 38.5 Å². The molecule has 11 aromatic rings. The Kier molecular flexibility index (Phi) is 12.7. The van der Waals surface area contributed by atoms with Crippen LogP contribution in [-0.4, -0.2) is 0 Å². The highest BCUT2D eigenvalue weighted by Gasteiger charge is 2.38. The van der Waals surface area contributed by atoms with Crippen LogP contribution in [0.3, 0.4) is 0 Å². The highest BCUT2D eigenvalue weighted by molar-refractivity contribution is 5.89. The monoisotopic (exact) mass is 1040 g/mol. The van der Waals surface area contributed by atoms with Gasteiger partial charge in [0.1, 0.15) is 11.6 Å². The lowest BCUT2D eigenvalue weighted by molar-refractivity contribution is 0.627. The lowest BCUT2D eigenvalue weighted by Gasteiger charge is -2.28. The van der Waals surface area contributed by atoms with Crippen molar-refractivity contribution in [3.63, 3.8) is 0 Å². The molecule has 13 rings (SSSR count). The molecule has 0 spiro atoms. The molecular formula is C76H58F2N2. The Morgan fingerprint density at radius 2 is 0.525 bits per heavy atom. The Bertz CT molecular complexity index is 3870. The van der Waals surface area contributed by atoms with Crippen molar-refractivity contribution in [1.29, 1.82) is 0 Å². The van der Waals surface area contributed by atoms with Crippen molar-refractivity contribution in [2.75, 3.05) is 9.80 Å². The minimum Gasteiger partial charge on any atom is -0.310 e. The summed E-state index contributed by atoms with van der Waals surface area (Å²) in [5, 5.41) is 0. The van der Waals surface area contributed by atoms with Crippen LogP contribution in [0, 0.1) is 11.6 Å². The van der Waals surface area contributed by atoms with E-state index < -0.39 is 0 Å². The Balaban J connectivity index is 0.708. The summed E-state index contributed by atoms with van der Waals surface area (Å²) >= 11 is 0. The summed E-state index contributed by atoms with van der Waals surface area (Å²) < 4.78 is 28.6. The second-order valence-electron chi connectivity index (χ2n) is 22.1. The van der Waals surface area contributed by atoms with Crippen LogP contribution in [-0.2, 0) is 10.8 Å². The Morgan fingerprint density at radius 3 is 0.875 bits per heavy atom. The molecule has 0 saturated carbocycles. The molecule has 4 heteroatoms. The third-order valence-electron chi connectivity index (χ3n) is 16.4. The van der Waals surface area contributed by atoms with Crippen molar-refractivity contribution in [1.82, 2.24) is 0 Å². The standard InChI is InChI=1S/C76H58F2N2/c1-75(2)71-47-53(23-43-67(71)69-45-41-65(49-73(69)75)79(63-37-29-59(77)30-38-63)61-33-25-57(26-34-61)55-11-7-5-8-12-55)21-19-51-15-17-52(18-16-51)20-22-54-24-44-68-70-46-42-66(50-74(70)76(3,4)72(68)48-54)80(64-39-31-60(78)32-40-64)62-35-27-58(28-36-62)56-13-9-6-10-14-56/h5-50H,1-4H3/b21-19+,22-20+. The summed E-state index contributed by atoms with van der Waals surface area (Å²) in [4.78, 5) is 4.43. The molecule has 0 amide bonds. The number of anilines is 6. The van der Waals surface area contributed by atoms with Gasteiger partial charge in [0.05, 0.1) is 0 Å². The van der Waals surface area contributed by atoms with Crippen LogP contribution in [0.1, 0.15) is 72.2 Å². The van der Waals surface area contributed by atoms with Gasteiger partial charge in [-0.25, -0.2) is 8.78 Å². The fourth-order valence-electron chi connectivity index (χ4n) is 12.0. The van der Waals surface area contributed by atoms with Crippen LogP contribution in [0.5, 0.6) is 0 Å². The average molecular weight is 1040 g/mol. The number of nitrogens with zero attached hydrogens (tertiary/aromatic N) is 2. The number of fused-ring (bicyclic) bond motifs is 6. The summed E-state index contributed by atoms with van der Waals surface area (Å²) in [6.45, 7) is 9.26. The van der Waals surface area contributed by atoms with E-state index in [4.69, 9.17) is 0 Å². The van der Waals surface area contributed by atoms with Crippen molar-refractivity contribution in [2.24, 2.45) is 0 Å². The lowest BCUT2D eigenvalue weighted by atomic mass is 9.81. The smallest absolute Gasteiger partial charge is 0.123 e. The second-order valence-corrected chi connectivity index (χ2v) is 22.1. The molecule has 386 valence electrons. The molecule has 0 unspecified atom stereocenters. The largest absolute Gasteiger partial charge is 0.310 e. The minimum atomic E-state index is -0.260. The molecule has 2 aliphatic rings. The molecule has 0 fully saturated rings. The first-order valence-corrected chi connectivity index (χ1v) is 27.4. The second kappa shape index (κ2) is 20.3. The lowest BCUT2D eigenvalue weighted by Crippen LogP contribution is -2.16. The number of hydrogen-bond acceptors (Lipinski definition) is 2. The number of rotatable bonds is 12. The Labute approximate surface area is 468 Å².